The summed E-state index contributed by atoms with van der Waals surface area (Å²) in [6, 6.07) is 3.46. The summed E-state index contributed by atoms with van der Waals surface area (Å²) in [5.41, 5.74) is -1.34. The van der Waals surface area contributed by atoms with Crippen LogP contribution in [0.3, 0.4) is 0 Å². The Labute approximate surface area is 84.6 Å². The van der Waals surface area contributed by atoms with Crippen molar-refractivity contribution in [3.8, 4) is 0 Å². The van der Waals surface area contributed by atoms with Crippen molar-refractivity contribution in [2.24, 2.45) is 0 Å². The summed E-state index contributed by atoms with van der Waals surface area (Å²) < 4.78 is 0. The molecule has 0 aliphatic carbocycles. The van der Waals surface area contributed by atoms with E-state index in [2.05, 4.69) is 5.32 Å². The Morgan fingerprint density at radius 1 is 1.64 bits per heavy atom. The smallest absolute Gasteiger partial charge is 0.324 e. The number of carboxylic acids is 1. The van der Waals surface area contributed by atoms with E-state index in [0.717, 1.165) is 0 Å². The van der Waals surface area contributed by atoms with Gasteiger partial charge in [0, 0.05) is 11.4 Å². The maximum absolute atomic E-state index is 11.6. The van der Waals surface area contributed by atoms with E-state index in [-0.39, 0.29) is 0 Å². The highest BCUT2D eigenvalue weighted by Crippen LogP contribution is 2.35. The number of carbonyl (C=O) groups excluding carboxylic acids is 1. The van der Waals surface area contributed by atoms with Gasteiger partial charge in [-0.25, -0.2) is 0 Å². The van der Waals surface area contributed by atoms with Gasteiger partial charge in [-0.15, -0.1) is 11.3 Å². The molecule has 1 fully saturated rings. The minimum atomic E-state index is -1.34. The third-order valence-corrected chi connectivity index (χ3v) is 3.51. The zero-order valence-corrected chi connectivity index (χ0v) is 8.13. The quantitative estimate of drug-likeness (QED) is 0.703. The lowest BCUT2D eigenvalue weighted by Gasteiger charge is -2.18. The Morgan fingerprint density at radius 2 is 2.43 bits per heavy atom. The Morgan fingerprint density at radius 3 is 2.86 bits per heavy atom. The van der Waals surface area contributed by atoms with Crippen LogP contribution in [0.1, 0.15) is 11.3 Å². The Bertz CT molecular complexity index is 373. The molecule has 1 unspecified atom stereocenters. The molecule has 14 heavy (non-hydrogen) atoms. The highest BCUT2D eigenvalue weighted by atomic mass is 32.1. The lowest BCUT2D eigenvalue weighted by atomic mass is 9.85. The van der Waals surface area contributed by atoms with Crippen molar-refractivity contribution in [3.63, 3.8) is 0 Å². The van der Waals surface area contributed by atoms with Gasteiger partial charge in [-0.1, -0.05) is 6.07 Å². The Kier molecular flexibility index (Phi) is 2.03. The van der Waals surface area contributed by atoms with E-state index in [1.165, 1.54) is 11.3 Å². The Hall–Kier alpha value is -1.36. The van der Waals surface area contributed by atoms with E-state index in [1.54, 1.807) is 17.5 Å². The molecular formula is C9H9NO3S. The highest BCUT2D eigenvalue weighted by molar-refractivity contribution is 7.10. The van der Waals surface area contributed by atoms with Gasteiger partial charge in [0.15, 0.2) is 5.41 Å². The number of carboxylic acid groups (broad SMARTS) is 1. The first-order valence-electron chi connectivity index (χ1n) is 4.23. The summed E-state index contributed by atoms with van der Waals surface area (Å²) in [5, 5.41) is 13.5. The number of hydrogen-bond acceptors (Lipinski definition) is 3. The first kappa shape index (κ1) is 9.21. The minimum absolute atomic E-state index is 0.335. The van der Waals surface area contributed by atoms with Gasteiger partial charge in [0.1, 0.15) is 0 Å². The summed E-state index contributed by atoms with van der Waals surface area (Å²) in [4.78, 5) is 23.3. The van der Waals surface area contributed by atoms with E-state index in [0.29, 0.717) is 17.8 Å². The van der Waals surface area contributed by atoms with E-state index in [4.69, 9.17) is 5.11 Å². The van der Waals surface area contributed by atoms with Crippen LogP contribution >= 0.6 is 11.3 Å². The fourth-order valence-electron chi connectivity index (χ4n) is 1.69. The predicted octanol–water partition coefficient (Wildman–Crippen LogP) is 0.590. The van der Waals surface area contributed by atoms with Gasteiger partial charge in [-0.05, 0) is 17.9 Å². The van der Waals surface area contributed by atoms with Crippen molar-refractivity contribution >= 4 is 23.2 Å². The van der Waals surface area contributed by atoms with Crippen LogP contribution in [0.2, 0.25) is 0 Å². The second kappa shape index (κ2) is 3.09. The van der Waals surface area contributed by atoms with Gasteiger partial charge in [-0.3, -0.25) is 9.59 Å². The SMILES string of the molecule is O=C(O)C1(c2cccs2)CCNC1=O. The largest absolute Gasteiger partial charge is 0.480 e. The molecule has 0 bridgehead atoms. The normalized spacial score (nSPS) is 26.1. The molecule has 2 N–H and O–H groups in total. The number of aliphatic carboxylic acids is 1. The van der Waals surface area contributed by atoms with Gasteiger partial charge in [0.2, 0.25) is 5.91 Å². The second-order valence-electron chi connectivity index (χ2n) is 3.19. The maximum Gasteiger partial charge on any atom is 0.324 e. The molecule has 0 saturated carbocycles. The molecule has 1 atom stereocenters. The molecule has 0 spiro atoms. The van der Waals surface area contributed by atoms with Crippen LogP contribution in [0.15, 0.2) is 17.5 Å². The van der Waals surface area contributed by atoms with Crippen LogP contribution in [0.25, 0.3) is 0 Å². The first-order chi connectivity index (χ1) is 6.68. The van der Waals surface area contributed by atoms with Gasteiger partial charge in [0.25, 0.3) is 0 Å². The predicted molar refractivity (Wildman–Crippen MR) is 51.3 cm³/mol. The molecular weight excluding hydrogens is 202 g/mol. The first-order valence-corrected chi connectivity index (χ1v) is 5.11. The number of carbonyl (C=O) groups is 2. The van der Waals surface area contributed by atoms with Crippen molar-refractivity contribution in [1.82, 2.24) is 5.32 Å². The van der Waals surface area contributed by atoms with Crippen LogP contribution in [0.4, 0.5) is 0 Å². The van der Waals surface area contributed by atoms with Crippen molar-refractivity contribution in [2.45, 2.75) is 11.8 Å². The molecule has 1 aliphatic rings. The number of thiophene rings is 1. The van der Waals surface area contributed by atoms with Crippen molar-refractivity contribution < 1.29 is 14.7 Å². The monoisotopic (exact) mass is 211 g/mol. The number of rotatable bonds is 2. The van der Waals surface area contributed by atoms with Crippen molar-refractivity contribution in [1.29, 1.82) is 0 Å². The number of amides is 1. The lowest BCUT2D eigenvalue weighted by Crippen LogP contribution is -2.42. The van der Waals surface area contributed by atoms with Crippen LogP contribution in [0.5, 0.6) is 0 Å². The molecule has 2 heterocycles. The standard InChI is InChI=1S/C9H9NO3S/c11-7-9(8(12)13,3-4-10-7)6-2-1-5-14-6/h1-2,5H,3-4H2,(H,10,11)(H,12,13). The van der Waals surface area contributed by atoms with Crippen LogP contribution < -0.4 is 5.32 Å². The summed E-state index contributed by atoms with van der Waals surface area (Å²) in [6.07, 6.45) is 0.335. The second-order valence-corrected chi connectivity index (χ2v) is 4.14. The molecule has 5 heteroatoms. The average Bonchev–Trinajstić information content (AvgIpc) is 2.72. The molecule has 1 amide bonds. The molecule has 2 rings (SSSR count). The average molecular weight is 211 g/mol. The molecule has 1 aromatic heterocycles. The summed E-state index contributed by atoms with van der Waals surface area (Å²) in [5.74, 6) is -1.46. The van der Waals surface area contributed by atoms with Gasteiger partial charge < -0.3 is 10.4 Å². The zero-order chi connectivity index (χ0) is 10.2. The molecule has 1 aromatic rings. The van der Waals surface area contributed by atoms with Gasteiger partial charge in [0.05, 0.1) is 0 Å². The van der Waals surface area contributed by atoms with Crippen LogP contribution in [-0.2, 0) is 15.0 Å². The van der Waals surface area contributed by atoms with Crippen molar-refractivity contribution in [3.05, 3.63) is 22.4 Å². The summed E-state index contributed by atoms with van der Waals surface area (Å²) in [7, 11) is 0. The van der Waals surface area contributed by atoms with Gasteiger partial charge >= 0.3 is 5.97 Å². The zero-order valence-electron chi connectivity index (χ0n) is 7.32. The summed E-state index contributed by atoms with van der Waals surface area (Å²) >= 11 is 1.31. The van der Waals surface area contributed by atoms with Crippen LogP contribution in [0, 0.1) is 0 Å². The molecule has 1 aliphatic heterocycles. The lowest BCUT2D eigenvalue weighted by molar-refractivity contribution is -0.147. The van der Waals surface area contributed by atoms with E-state index in [9.17, 15) is 9.59 Å². The highest BCUT2D eigenvalue weighted by Gasteiger charge is 2.51. The fraction of sp³-hybridized carbons (Fsp3) is 0.333. The van der Waals surface area contributed by atoms with E-state index < -0.39 is 17.3 Å². The molecule has 4 nitrogen and oxygen atoms in total. The summed E-state index contributed by atoms with van der Waals surface area (Å²) in [6.45, 7) is 0.434. The topological polar surface area (TPSA) is 66.4 Å². The van der Waals surface area contributed by atoms with Gasteiger partial charge in [-0.2, -0.15) is 0 Å². The third-order valence-electron chi connectivity index (χ3n) is 2.48. The molecule has 74 valence electrons. The van der Waals surface area contributed by atoms with Crippen LogP contribution in [-0.4, -0.2) is 23.5 Å². The molecule has 0 radical (unpaired) electrons. The number of hydrogen-bond donors (Lipinski definition) is 2. The third kappa shape index (κ3) is 1.05. The fourth-order valence-corrected chi connectivity index (χ4v) is 2.64. The van der Waals surface area contributed by atoms with Crippen molar-refractivity contribution in [2.75, 3.05) is 6.54 Å². The minimum Gasteiger partial charge on any atom is -0.480 e. The van der Waals surface area contributed by atoms with E-state index in [1.807, 2.05) is 0 Å². The molecule has 1 saturated heterocycles. The molecule has 0 aromatic carbocycles. The maximum atomic E-state index is 11.6. The van der Waals surface area contributed by atoms with E-state index >= 15 is 0 Å². The Balaban J connectivity index is 2.52. The number of nitrogens with one attached hydrogen (secondary N) is 1.